The zero-order valence-electron chi connectivity index (χ0n) is 12.8. The monoisotopic (exact) mass is 302 g/mol. The van der Waals surface area contributed by atoms with Crippen LogP contribution in [0, 0.1) is 0 Å². The Morgan fingerprint density at radius 2 is 1.70 bits per heavy atom. The number of benzene rings is 1. The predicted molar refractivity (Wildman–Crippen MR) is 91.1 cm³/mol. The van der Waals surface area contributed by atoms with Gasteiger partial charge in [-0.05, 0) is 48.6 Å². The topological polar surface area (TPSA) is 50.7 Å². The van der Waals surface area contributed by atoms with E-state index in [-0.39, 0.29) is 0 Å². The van der Waals surface area contributed by atoms with Crippen LogP contribution in [-0.2, 0) is 12.8 Å². The maximum absolute atomic E-state index is 4.61. The van der Waals surface area contributed by atoms with E-state index in [1.54, 1.807) is 12.4 Å². The molecule has 1 aromatic carbocycles. The Morgan fingerprint density at radius 1 is 0.826 bits per heavy atom. The average Bonchev–Trinajstić information content (AvgIpc) is 2.63. The molecule has 0 spiro atoms. The van der Waals surface area contributed by atoms with E-state index < -0.39 is 0 Å². The molecule has 0 radical (unpaired) electrons. The number of nitrogens with one attached hydrogen (secondary N) is 1. The lowest BCUT2D eigenvalue weighted by molar-refractivity contribution is 0.606. The fourth-order valence-corrected chi connectivity index (χ4v) is 3.09. The second kappa shape index (κ2) is 6.16. The van der Waals surface area contributed by atoms with Gasteiger partial charge in [0.15, 0.2) is 0 Å². The van der Waals surface area contributed by atoms with E-state index in [0.717, 1.165) is 30.7 Å². The molecule has 114 valence electrons. The van der Waals surface area contributed by atoms with Gasteiger partial charge >= 0.3 is 0 Å². The molecule has 4 nitrogen and oxygen atoms in total. The molecule has 0 saturated heterocycles. The Bertz CT molecular complexity index is 801. The number of hydrogen-bond acceptors (Lipinski definition) is 4. The third-order valence-corrected chi connectivity index (χ3v) is 4.26. The van der Waals surface area contributed by atoms with Crippen molar-refractivity contribution in [2.24, 2.45) is 0 Å². The largest absolute Gasteiger partial charge is 0.351 e. The van der Waals surface area contributed by atoms with E-state index >= 15 is 0 Å². The van der Waals surface area contributed by atoms with Gasteiger partial charge in [0, 0.05) is 18.4 Å². The first-order valence-corrected chi connectivity index (χ1v) is 7.96. The molecule has 23 heavy (non-hydrogen) atoms. The van der Waals surface area contributed by atoms with Crippen molar-refractivity contribution in [3.05, 3.63) is 72.1 Å². The summed E-state index contributed by atoms with van der Waals surface area (Å²) in [4.78, 5) is 13.3. The van der Waals surface area contributed by atoms with Gasteiger partial charge in [-0.2, -0.15) is 0 Å². The minimum absolute atomic E-state index is 0.379. The van der Waals surface area contributed by atoms with Crippen LogP contribution in [0.1, 0.15) is 17.5 Å². The Labute approximate surface area is 135 Å². The summed E-state index contributed by atoms with van der Waals surface area (Å²) in [5.41, 5.74) is 4.61. The molecule has 1 atom stereocenters. The Morgan fingerprint density at radius 3 is 2.57 bits per heavy atom. The quantitative estimate of drug-likeness (QED) is 0.804. The molecular formula is C19H18N4. The number of aromatic nitrogens is 3. The summed E-state index contributed by atoms with van der Waals surface area (Å²) in [5.74, 6) is 0.678. The predicted octanol–water partition coefficient (Wildman–Crippen LogP) is 3.51. The lowest BCUT2D eigenvalue weighted by atomic mass is 9.88. The maximum atomic E-state index is 4.61. The number of pyridine rings is 1. The van der Waals surface area contributed by atoms with Crippen molar-refractivity contribution in [3.8, 4) is 11.4 Å². The van der Waals surface area contributed by atoms with Crippen molar-refractivity contribution in [2.45, 2.75) is 25.3 Å². The third-order valence-electron chi connectivity index (χ3n) is 4.26. The normalized spacial score (nSPS) is 16.6. The van der Waals surface area contributed by atoms with Crippen LogP contribution >= 0.6 is 0 Å². The molecule has 1 N–H and O–H groups in total. The Kier molecular flexibility index (Phi) is 3.72. The number of fused-ring (bicyclic) bond motifs is 1. The number of hydrogen-bond donors (Lipinski definition) is 1. The van der Waals surface area contributed by atoms with Crippen LogP contribution in [0.5, 0.6) is 0 Å². The Balaban J connectivity index is 1.52. The standard InChI is InChI=1S/C19H18N4/c1-2-6-15-13-16(9-8-14(15)5-1)22-19-21-12-10-18(23-19)17-7-3-4-11-20-17/h1-7,10-12,16H,8-9,13H2,(H,21,22,23)/t16-/m1/s1. The van der Waals surface area contributed by atoms with Gasteiger partial charge in [0.1, 0.15) is 0 Å². The van der Waals surface area contributed by atoms with E-state index in [4.69, 9.17) is 0 Å². The first-order chi connectivity index (χ1) is 11.4. The minimum Gasteiger partial charge on any atom is -0.351 e. The smallest absolute Gasteiger partial charge is 0.223 e. The number of aryl methyl sites for hydroxylation is 1. The van der Waals surface area contributed by atoms with Gasteiger partial charge < -0.3 is 5.32 Å². The van der Waals surface area contributed by atoms with Crippen LogP contribution in [-0.4, -0.2) is 21.0 Å². The van der Waals surface area contributed by atoms with Crippen molar-refractivity contribution in [1.29, 1.82) is 0 Å². The molecule has 0 saturated carbocycles. The van der Waals surface area contributed by atoms with E-state index in [9.17, 15) is 0 Å². The van der Waals surface area contributed by atoms with E-state index in [1.807, 2.05) is 24.3 Å². The van der Waals surface area contributed by atoms with Crippen molar-refractivity contribution in [1.82, 2.24) is 15.0 Å². The molecule has 0 amide bonds. The highest BCUT2D eigenvalue weighted by Gasteiger charge is 2.18. The van der Waals surface area contributed by atoms with Gasteiger partial charge in [-0.1, -0.05) is 30.3 Å². The second-order valence-corrected chi connectivity index (χ2v) is 5.83. The van der Waals surface area contributed by atoms with Gasteiger partial charge in [-0.25, -0.2) is 9.97 Å². The maximum Gasteiger partial charge on any atom is 0.223 e. The zero-order chi connectivity index (χ0) is 15.5. The first-order valence-electron chi connectivity index (χ1n) is 7.96. The lowest BCUT2D eigenvalue weighted by Crippen LogP contribution is -2.28. The van der Waals surface area contributed by atoms with Crippen LogP contribution in [0.2, 0.25) is 0 Å². The van der Waals surface area contributed by atoms with E-state index in [2.05, 4.69) is 44.5 Å². The summed E-state index contributed by atoms with van der Waals surface area (Å²) in [6.45, 7) is 0. The van der Waals surface area contributed by atoms with Gasteiger partial charge in [0.05, 0.1) is 11.4 Å². The van der Waals surface area contributed by atoms with Crippen molar-refractivity contribution < 1.29 is 0 Å². The van der Waals surface area contributed by atoms with Crippen molar-refractivity contribution in [2.75, 3.05) is 5.32 Å². The van der Waals surface area contributed by atoms with Crippen LogP contribution in [0.4, 0.5) is 5.95 Å². The SMILES string of the molecule is c1ccc(-c2ccnc(N[C@@H]3CCc4ccccc4C3)n2)nc1. The molecule has 0 unspecified atom stereocenters. The highest BCUT2D eigenvalue weighted by Crippen LogP contribution is 2.23. The van der Waals surface area contributed by atoms with Gasteiger partial charge in [-0.3, -0.25) is 4.98 Å². The molecule has 0 bridgehead atoms. The van der Waals surface area contributed by atoms with Crippen LogP contribution < -0.4 is 5.32 Å². The molecule has 1 aliphatic carbocycles. The van der Waals surface area contributed by atoms with Crippen LogP contribution in [0.3, 0.4) is 0 Å². The molecule has 2 heterocycles. The molecular weight excluding hydrogens is 284 g/mol. The minimum atomic E-state index is 0.379. The lowest BCUT2D eigenvalue weighted by Gasteiger charge is -2.25. The second-order valence-electron chi connectivity index (χ2n) is 5.83. The number of nitrogens with zero attached hydrogens (tertiary/aromatic N) is 3. The molecule has 4 heteroatoms. The first kappa shape index (κ1) is 13.9. The van der Waals surface area contributed by atoms with Gasteiger partial charge in [0.25, 0.3) is 0 Å². The fourth-order valence-electron chi connectivity index (χ4n) is 3.09. The molecule has 0 aliphatic heterocycles. The van der Waals surface area contributed by atoms with Crippen LogP contribution in [0.25, 0.3) is 11.4 Å². The van der Waals surface area contributed by atoms with Crippen LogP contribution in [0.15, 0.2) is 60.9 Å². The summed E-state index contributed by atoms with van der Waals surface area (Å²) in [6, 6.07) is 16.8. The molecule has 2 aromatic heterocycles. The average molecular weight is 302 g/mol. The highest BCUT2D eigenvalue weighted by molar-refractivity contribution is 5.54. The van der Waals surface area contributed by atoms with Crippen molar-refractivity contribution >= 4 is 5.95 Å². The van der Waals surface area contributed by atoms with Crippen molar-refractivity contribution in [3.63, 3.8) is 0 Å². The molecule has 3 aromatic rings. The molecule has 1 aliphatic rings. The fraction of sp³-hybridized carbons (Fsp3) is 0.211. The summed E-state index contributed by atoms with van der Waals surface area (Å²) < 4.78 is 0. The van der Waals surface area contributed by atoms with E-state index in [0.29, 0.717) is 12.0 Å². The molecule has 4 rings (SSSR count). The number of anilines is 1. The van der Waals surface area contributed by atoms with E-state index in [1.165, 1.54) is 11.1 Å². The Hall–Kier alpha value is -2.75. The highest BCUT2D eigenvalue weighted by atomic mass is 15.1. The van der Waals surface area contributed by atoms with Gasteiger partial charge in [-0.15, -0.1) is 0 Å². The summed E-state index contributed by atoms with van der Waals surface area (Å²) >= 11 is 0. The third kappa shape index (κ3) is 3.06. The zero-order valence-corrected chi connectivity index (χ0v) is 12.8. The molecule has 0 fully saturated rings. The number of rotatable bonds is 3. The summed E-state index contributed by atoms with van der Waals surface area (Å²) in [7, 11) is 0. The summed E-state index contributed by atoms with van der Waals surface area (Å²) in [6.07, 6.45) is 6.80. The summed E-state index contributed by atoms with van der Waals surface area (Å²) in [5, 5.41) is 3.48. The van der Waals surface area contributed by atoms with Gasteiger partial charge in [0.2, 0.25) is 5.95 Å².